The topological polar surface area (TPSA) is 74.5 Å². The molecule has 3 aromatic heterocycles. The van der Waals surface area contributed by atoms with Crippen molar-refractivity contribution in [2.24, 2.45) is 0 Å². The van der Waals surface area contributed by atoms with Crippen molar-refractivity contribution in [2.75, 3.05) is 43.4 Å². The standard InChI is InChI=1S/C24H25N5O2S/c1-15-13-17(6-7-20(15)29-10-8-28(3)9-11-29)25-23(30)18-14-19(21-5-4-12-32-21)26-24-22(18)16(2)27-31-24/h4-7,12-14H,8-11H2,1-3H3,(H,25,30). The molecule has 0 spiro atoms. The fourth-order valence-electron chi connectivity index (χ4n) is 4.16. The van der Waals surface area contributed by atoms with Crippen LogP contribution in [0.2, 0.25) is 0 Å². The van der Waals surface area contributed by atoms with Crippen LogP contribution >= 0.6 is 11.3 Å². The first-order valence-electron chi connectivity index (χ1n) is 10.7. The largest absolute Gasteiger partial charge is 0.369 e. The third-order valence-electron chi connectivity index (χ3n) is 5.93. The zero-order valence-electron chi connectivity index (χ0n) is 18.4. The maximum Gasteiger partial charge on any atom is 0.259 e. The summed E-state index contributed by atoms with van der Waals surface area (Å²) in [5, 5.41) is 9.72. The predicted octanol–water partition coefficient (Wildman–Crippen LogP) is 4.57. The van der Waals surface area contributed by atoms with E-state index in [4.69, 9.17) is 4.52 Å². The molecule has 1 aliphatic heterocycles. The molecule has 4 heterocycles. The van der Waals surface area contributed by atoms with Crippen molar-refractivity contribution in [1.29, 1.82) is 0 Å². The number of aromatic nitrogens is 2. The Kier molecular flexibility index (Phi) is 5.40. The van der Waals surface area contributed by atoms with Gasteiger partial charge in [0, 0.05) is 37.6 Å². The zero-order valence-corrected chi connectivity index (χ0v) is 19.2. The summed E-state index contributed by atoms with van der Waals surface area (Å²) in [5.74, 6) is -0.201. The summed E-state index contributed by atoms with van der Waals surface area (Å²) < 4.78 is 5.39. The molecule has 1 amide bonds. The summed E-state index contributed by atoms with van der Waals surface area (Å²) in [5.41, 5.74) is 5.37. The molecule has 0 saturated carbocycles. The van der Waals surface area contributed by atoms with Gasteiger partial charge in [0.2, 0.25) is 0 Å². The number of hydrogen-bond acceptors (Lipinski definition) is 7. The number of aryl methyl sites for hydroxylation is 2. The molecule has 1 fully saturated rings. The lowest BCUT2D eigenvalue weighted by Crippen LogP contribution is -2.44. The van der Waals surface area contributed by atoms with Gasteiger partial charge >= 0.3 is 0 Å². The number of carbonyl (C=O) groups excluding carboxylic acids is 1. The number of carbonyl (C=O) groups is 1. The van der Waals surface area contributed by atoms with Gasteiger partial charge in [-0.05, 0) is 62.2 Å². The first kappa shape index (κ1) is 20.7. The Balaban J connectivity index is 1.44. The highest BCUT2D eigenvalue weighted by atomic mass is 32.1. The average molecular weight is 448 g/mol. The summed E-state index contributed by atoms with van der Waals surface area (Å²) in [4.78, 5) is 23.6. The molecule has 7 nitrogen and oxygen atoms in total. The molecule has 0 unspecified atom stereocenters. The Morgan fingerprint density at radius 1 is 1.12 bits per heavy atom. The van der Waals surface area contributed by atoms with E-state index >= 15 is 0 Å². The summed E-state index contributed by atoms with van der Waals surface area (Å²) >= 11 is 1.57. The lowest BCUT2D eigenvalue weighted by molar-refractivity contribution is 0.102. The van der Waals surface area contributed by atoms with Gasteiger partial charge in [0.1, 0.15) is 0 Å². The van der Waals surface area contributed by atoms with Gasteiger partial charge in [0.15, 0.2) is 0 Å². The highest BCUT2D eigenvalue weighted by Crippen LogP contribution is 2.30. The molecule has 0 aliphatic carbocycles. The number of anilines is 2. The Labute approximate surface area is 190 Å². The molecular formula is C24H25N5O2S. The van der Waals surface area contributed by atoms with Crippen molar-refractivity contribution >= 4 is 39.7 Å². The first-order valence-corrected chi connectivity index (χ1v) is 11.5. The van der Waals surface area contributed by atoms with E-state index in [-0.39, 0.29) is 5.91 Å². The second-order valence-electron chi connectivity index (χ2n) is 8.23. The molecular weight excluding hydrogens is 422 g/mol. The summed E-state index contributed by atoms with van der Waals surface area (Å²) in [6.45, 7) is 8.05. The molecule has 1 aromatic carbocycles. The molecule has 164 valence electrons. The van der Waals surface area contributed by atoms with Gasteiger partial charge in [-0.1, -0.05) is 11.2 Å². The fraction of sp³-hybridized carbons (Fsp3) is 0.292. The number of thiophene rings is 1. The summed E-state index contributed by atoms with van der Waals surface area (Å²) in [6.07, 6.45) is 0. The smallest absolute Gasteiger partial charge is 0.259 e. The predicted molar refractivity (Wildman–Crippen MR) is 129 cm³/mol. The highest BCUT2D eigenvalue weighted by molar-refractivity contribution is 7.13. The van der Waals surface area contributed by atoms with Crippen molar-refractivity contribution in [1.82, 2.24) is 15.0 Å². The van der Waals surface area contributed by atoms with Crippen LogP contribution in [0.5, 0.6) is 0 Å². The molecule has 1 N–H and O–H groups in total. The second kappa shape index (κ2) is 8.37. The number of piperazine rings is 1. The number of amides is 1. The number of pyridine rings is 1. The van der Waals surface area contributed by atoms with Crippen LogP contribution in [0.4, 0.5) is 11.4 Å². The van der Waals surface area contributed by atoms with Crippen LogP contribution in [0.25, 0.3) is 21.7 Å². The molecule has 5 rings (SSSR count). The van der Waals surface area contributed by atoms with Crippen molar-refractivity contribution in [3.63, 3.8) is 0 Å². The van der Waals surface area contributed by atoms with Crippen molar-refractivity contribution in [2.45, 2.75) is 13.8 Å². The van der Waals surface area contributed by atoms with Gasteiger partial charge in [0.05, 0.1) is 27.2 Å². The van der Waals surface area contributed by atoms with E-state index < -0.39 is 0 Å². The van der Waals surface area contributed by atoms with Gasteiger partial charge < -0.3 is 19.6 Å². The van der Waals surface area contributed by atoms with Crippen LogP contribution in [0.15, 0.2) is 46.3 Å². The highest BCUT2D eigenvalue weighted by Gasteiger charge is 2.21. The monoisotopic (exact) mass is 447 g/mol. The number of benzene rings is 1. The van der Waals surface area contributed by atoms with Crippen LogP contribution in [-0.4, -0.2) is 54.2 Å². The number of rotatable bonds is 4. The van der Waals surface area contributed by atoms with E-state index in [1.807, 2.05) is 42.6 Å². The summed E-state index contributed by atoms with van der Waals surface area (Å²) in [7, 11) is 2.15. The van der Waals surface area contributed by atoms with Crippen LogP contribution in [0.3, 0.4) is 0 Å². The molecule has 8 heteroatoms. The number of nitrogens with zero attached hydrogens (tertiary/aromatic N) is 4. The maximum atomic E-state index is 13.3. The Bertz CT molecular complexity index is 1270. The maximum absolute atomic E-state index is 13.3. The van der Waals surface area contributed by atoms with E-state index in [1.165, 1.54) is 5.69 Å². The Hall–Kier alpha value is -3.23. The van der Waals surface area contributed by atoms with Gasteiger partial charge in [-0.3, -0.25) is 4.79 Å². The van der Waals surface area contributed by atoms with E-state index in [0.29, 0.717) is 28.1 Å². The fourth-order valence-corrected chi connectivity index (χ4v) is 4.84. The van der Waals surface area contributed by atoms with Crippen LogP contribution in [0, 0.1) is 13.8 Å². The first-order chi connectivity index (χ1) is 15.5. The van der Waals surface area contributed by atoms with E-state index in [1.54, 1.807) is 11.3 Å². The zero-order chi connectivity index (χ0) is 22.2. The van der Waals surface area contributed by atoms with Crippen molar-refractivity contribution < 1.29 is 9.32 Å². The van der Waals surface area contributed by atoms with Crippen LogP contribution < -0.4 is 10.2 Å². The Morgan fingerprint density at radius 2 is 1.94 bits per heavy atom. The molecule has 1 aliphatic rings. The average Bonchev–Trinajstić information content (AvgIpc) is 3.45. The molecule has 32 heavy (non-hydrogen) atoms. The molecule has 4 aromatic rings. The number of hydrogen-bond donors (Lipinski definition) is 1. The number of fused-ring (bicyclic) bond motifs is 1. The van der Waals surface area contributed by atoms with Crippen LogP contribution in [-0.2, 0) is 0 Å². The number of likely N-dealkylation sites (N-methyl/N-ethyl adjacent to an activating group) is 1. The molecule has 0 radical (unpaired) electrons. The lowest BCUT2D eigenvalue weighted by Gasteiger charge is -2.35. The van der Waals surface area contributed by atoms with E-state index in [0.717, 1.165) is 42.3 Å². The van der Waals surface area contributed by atoms with Crippen molar-refractivity contribution in [3.05, 3.63) is 58.6 Å². The molecule has 0 bridgehead atoms. The van der Waals surface area contributed by atoms with E-state index in [9.17, 15) is 4.79 Å². The van der Waals surface area contributed by atoms with Gasteiger partial charge in [-0.15, -0.1) is 11.3 Å². The quantitative estimate of drug-likeness (QED) is 0.494. The summed E-state index contributed by atoms with van der Waals surface area (Å²) in [6, 6.07) is 11.9. The molecule has 0 atom stereocenters. The lowest BCUT2D eigenvalue weighted by atomic mass is 10.1. The molecule has 1 saturated heterocycles. The van der Waals surface area contributed by atoms with Gasteiger partial charge in [-0.25, -0.2) is 4.98 Å². The SMILES string of the molecule is Cc1cc(NC(=O)c2cc(-c3cccs3)nc3onc(C)c23)ccc1N1CCN(C)CC1. The Morgan fingerprint density at radius 3 is 2.66 bits per heavy atom. The van der Waals surface area contributed by atoms with Crippen molar-refractivity contribution in [3.8, 4) is 10.6 Å². The van der Waals surface area contributed by atoms with E-state index in [2.05, 4.69) is 45.3 Å². The number of nitrogens with one attached hydrogen (secondary N) is 1. The second-order valence-corrected chi connectivity index (χ2v) is 9.17. The normalized spacial score (nSPS) is 14.8. The van der Waals surface area contributed by atoms with Crippen LogP contribution in [0.1, 0.15) is 21.6 Å². The van der Waals surface area contributed by atoms with Gasteiger partial charge in [0.25, 0.3) is 11.6 Å². The third-order valence-corrected chi connectivity index (χ3v) is 6.83. The third kappa shape index (κ3) is 3.87. The van der Waals surface area contributed by atoms with Gasteiger partial charge in [-0.2, -0.15) is 0 Å². The minimum atomic E-state index is -0.201. The minimum Gasteiger partial charge on any atom is -0.369 e. The minimum absolute atomic E-state index is 0.201.